The van der Waals surface area contributed by atoms with E-state index in [2.05, 4.69) is 0 Å². The van der Waals surface area contributed by atoms with Gasteiger partial charge in [0.05, 0.1) is 16.6 Å². The zero-order valence-electron chi connectivity index (χ0n) is 9.87. The standard InChI is InChI=1S/C12H14N4O2/c13-7-9-3-4-11(12(6-9)16(17)18)15-5-1-2-10(15)8-14/h3-4,6,10H,1-2,5,8,14H2. The molecule has 1 saturated heterocycles. The maximum atomic E-state index is 11.1. The van der Waals surface area contributed by atoms with Crippen LogP contribution in [0.3, 0.4) is 0 Å². The Hall–Kier alpha value is -2.13. The number of nitriles is 1. The lowest BCUT2D eigenvalue weighted by Gasteiger charge is -2.25. The molecule has 0 aliphatic carbocycles. The lowest BCUT2D eigenvalue weighted by Crippen LogP contribution is -2.35. The SMILES string of the molecule is N#Cc1ccc(N2CCCC2CN)c([N+](=O)[O-])c1. The van der Waals surface area contributed by atoms with Gasteiger partial charge in [-0.3, -0.25) is 10.1 Å². The van der Waals surface area contributed by atoms with E-state index in [-0.39, 0.29) is 11.7 Å². The second kappa shape index (κ2) is 5.02. The van der Waals surface area contributed by atoms with Crippen molar-refractivity contribution >= 4 is 11.4 Å². The van der Waals surface area contributed by atoms with Crippen LogP contribution in [0.15, 0.2) is 18.2 Å². The van der Waals surface area contributed by atoms with E-state index < -0.39 is 4.92 Å². The molecule has 6 nitrogen and oxygen atoms in total. The molecule has 0 aromatic heterocycles. The largest absolute Gasteiger partial charge is 0.362 e. The Morgan fingerprint density at radius 3 is 3.00 bits per heavy atom. The molecule has 6 heteroatoms. The van der Waals surface area contributed by atoms with Gasteiger partial charge in [-0.05, 0) is 25.0 Å². The quantitative estimate of drug-likeness (QED) is 0.642. The van der Waals surface area contributed by atoms with Gasteiger partial charge in [-0.1, -0.05) is 0 Å². The maximum absolute atomic E-state index is 11.1. The lowest BCUT2D eigenvalue weighted by atomic mass is 10.1. The fraction of sp³-hybridized carbons (Fsp3) is 0.417. The number of hydrogen-bond donors (Lipinski definition) is 1. The number of benzene rings is 1. The van der Waals surface area contributed by atoms with E-state index >= 15 is 0 Å². The molecule has 1 aliphatic rings. The minimum absolute atomic E-state index is 0.0191. The Bertz CT molecular complexity index is 509. The van der Waals surface area contributed by atoms with Gasteiger partial charge in [-0.2, -0.15) is 5.26 Å². The van der Waals surface area contributed by atoms with Crippen molar-refractivity contribution in [1.82, 2.24) is 0 Å². The van der Waals surface area contributed by atoms with Crippen LogP contribution in [-0.2, 0) is 0 Å². The number of anilines is 1. The molecule has 1 aromatic carbocycles. The summed E-state index contributed by atoms with van der Waals surface area (Å²) in [5.74, 6) is 0. The van der Waals surface area contributed by atoms with Gasteiger partial charge in [-0.15, -0.1) is 0 Å². The van der Waals surface area contributed by atoms with Crippen LogP contribution in [0.4, 0.5) is 11.4 Å². The molecule has 1 atom stereocenters. The van der Waals surface area contributed by atoms with Crippen molar-refractivity contribution in [2.45, 2.75) is 18.9 Å². The Morgan fingerprint density at radius 1 is 1.61 bits per heavy atom. The van der Waals surface area contributed by atoms with Crippen LogP contribution in [0.1, 0.15) is 18.4 Å². The highest BCUT2D eigenvalue weighted by Crippen LogP contribution is 2.33. The highest BCUT2D eigenvalue weighted by Gasteiger charge is 2.28. The first-order valence-corrected chi connectivity index (χ1v) is 5.82. The highest BCUT2D eigenvalue weighted by atomic mass is 16.6. The first-order chi connectivity index (χ1) is 8.67. The number of nitro groups is 1. The molecule has 0 amide bonds. The smallest absolute Gasteiger partial charge is 0.293 e. The van der Waals surface area contributed by atoms with Crippen molar-refractivity contribution in [3.63, 3.8) is 0 Å². The third-order valence-corrected chi connectivity index (χ3v) is 3.26. The van der Waals surface area contributed by atoms with Gasteiger partial charge in [0.2, 0.25) is 0 Å². The predicted molar refractivity (Wildman–Crippen MR) is 67.2 cm³/mol. The van der Waals surface area contributed by atoms with Crippen molar-refractivity contribution in [3.8, 4) is 6.07 Å². The summed E-state index contributed by atoms with van der Waals surface area (Å²) >= 11 is 0. The Kier molecular flexibility index (Phi) is 3.44. The van der Waals surface area contributed by atoms with E-state index in [0.29, 0.717) is 17.8 Å². The topological polar surface area (TPSA) is 96.2 Å². The maximum Gasteiger partial charge on any atom is 0.293 e. The summed E-state index contributed by atoms with van der Waals surface area (Å²) in [6, 6.07) is 6.64. The molecule has 1 unspecified atom stereocenters. The van der Waals surface area contributed by atoms with E-state index in [4.69, 9.17) is 11.0 Å². The first-order valence-electron chi connectivity index (χ1n) is 5.82. The Balaban J connectivity index is 2.44. The monoisotopic (exact) mass is 246 g/mol. The minimum Gasteiger partial charge on any atom is -0.362 e. The third-order valence-electron chi connectivity index (χ3n) is 3.26. The number of nitro benzene ring substituents is 1. The summed E-state index contributed by atoms with van der Waals surface area (Å²) < 4.78 is 0. The van der Waals surface area contributed by atoms with Crippen LogP contribution in [-0.4, -0.2) is 24.1 Å². The molecule has 94 valence electrons. The average Bonchev–Trinajstić information content (AvgIpc) is 2.86. The summed E-state index contributed by atoms with van der Waals surface area (Å²) in [6.07, 6.45) is 1.94. The van der Waals surface area contributed by atoms with Gasteiger partial charge in [-0.25, -0.2) is 0 Å². The van der Waals surface area contributed by atoms with Crippen molar-refractivity contribution < 1.29 is 4.92 Å². The van der Waals surface area contributed by atoms with Gasteiger partial charge in [0.1, 0.15) is 5.69 Å². The highest BCUT2D eigenvalue weighted by molar-refractivity contribution is 5.66. The van der Waals surface area contributed by atoms with Crippen molar-refractivity contribution in [1.29, 1.82) is 5.26 Å². The molecule has 0 bridgehead atoms. The number of rotatable bonds is 3. The normalized spacial score (nSPS) is 18.7. The van der Waals surface area contributed by atoms with E-state index in [0.717, 1.165) is 19.4 Å². The zero-order valence-corrected chi connectivity index (χ0v) is 9.87. The van der Waals surface area contributed by atoms with E-state index in [1.807, 2.05) is 11.0 Å². The van der Waals surface area contributed by atoms with Crippen molar-refractivity contribution in [2.75, 3.05) is 18.0 Å². The van der Waals surface area contributed by atoms with Gasteiger partial charge in [0, 0.05) is 25.2 Å². The summed E-state index contributed by atoms with van der Waals surface area (Å²) in [5.41, 5.74) is 6.52. The van der Waals surface area contributed by atoms with Crippen LogP contribution in [0.25, 0.3) is 0 Å². The van der Waals surface area contributed by atoms with Crippen LogP contribution < -0.4 is 10.6 Å². The second-order valence-electron chi connectivity index (χ2n) is 4.30. The molecule has 1 aliphatic heterocycles. The fourth-order valence-corrected chi connectivity index (χ4v) is 2.38. The summed E-state index contributed by atoms with van der Waals surface area (Å²) in [5, 5.41) is 19.9. The van der Waals surface area contributed by atoms with Crippen molar-refractivity contribution in [2.24, 2.45) is 5.73 Å². The molecule has 2 N–H and O–H groups in total. The molecule has 1 fully saturated rings. The minimum atomic E-state index is -0.442. The second-order valence-corrected chi connectivity index (χ2v) is 4.30. The van der Waals surface area contributed by atoms with E-state index in [1.54, 1.807) is 12.1 Å². The molecule has 1 heterocycles. The molecule has 18 heavy (non-hydrogen) atoms. The summed E-state index contributed by atoms with van der Waals surface area (Å²) in [4.78, 5) is 12.6. The molecule has 1 aromatic rings. The predicted octanol–water partition coefficient (Wildman–Crippen LogP) is 1.39. The fourth-order valence-electron chi connectivity index (χ4n) is 2.38. The molecular weight excluding hydrogens is 232 g/mol. The molecule has 0 spiro atoms. The van der Waals surface area contributed by atoms with Crippen molar-refractivity contribution in [3.05, 3.63) is 33.9 Å². The zero-order chi connectivity index (χ0) is 13.1. The van der Waals surface area contributed by atoms with Gasteiger partial charge in [0.15, 0.2) is 0 Å². The first kappa shape index (κ1) is 12.3. The molecule has 0 radical (unpaired) electrons. The van der Waals surface area contributed by atoms with E-state index in [1.165, 1.54) is 6.07 Å². The molecule has 2 rings (SSSR count). The van der Waals surface area contributed by atoms with Gasteiger partial charge in [0.25, 0.3) is 5.69 Å². The van der Waals surface area contributed by atoms with Gasteiger partial charge < -0.3 is 10.6 Å². The van der Waals surface area contributed by atoms with Crippen LogP contribution in [0, 0.1) is 21.4 Å². The number of hydrogen-bond acceptors (Lipinski definition) is 5. The lowest BCUT2D eigenvalue weighted by molar-refractivity contribution is -0.384. The third kappa shape index (κ3) is 2.13. The number of nitrogens with zero attached hydrogens (tertiary/aromatic N) is 3. The van der Waals surface area contributed by atoms with E-state index in [9.17, 15) is 10.1 Å². The molecule has 0 saturated carbocycles. The Labute approximate surface area is 105 Å². The van der Waals surface area contributed by atoms with Crippen LogP contribution in [0.2, 0.25) is 0 Å². The van der Waals surface area contributed by atoms with Crippen LogP contribution in [0.5, 0.6) is 0 Å². The summed E-state index contributed by atoms with van der Waals surface area (Å²) in [6.45, 7) is 1.26. The van der Waals surface area contributed by atoms with Crippen LogP contribution >= 0.6 is 0 Å². The Morgan fingerprint density at radius 2 is 2.39 bits per heavy atom. The molecular formula is C12H14N4O2. The average molecular weight is 246 g/mol. The number of nitrogens with two attached hydrogens (primary N) is 1. The van der Waals surface area contributed by atoms with Gasteiger partial charge >= 0.3 is 0 Å². The summed E-state index contributed by atoms with van der Waals surface area (Å²) in [7, 11) is 0.